The molecule has 1 N–H and O–H groups in total. The Hall–Kier alpha value is -3.08. The number of nitrogens with zero attached hydrogens (tertiary/aromatic N) is 3. The van der Waals surface area contributed by atoms with Gasteiger partial charge < -0.3 is 24.5 Å². The van der Waals surface area contributed by atoms with Crippen molar-refractivity contribution in [3.8, 4) is 5.75 Å². The minimum absolute atomic E-state index is 0.0708. The molecule has 0 aliphatic carbocycles. The molecule has 45 heavy (non-hydrogen) atoms. The number of halogens is 1. The number of hydrogen-bond acceptors (Lipinski definition) is 6. The van der Waals surface area contributed by atoms with Crippen molar-refractivity contribution in [2.24, 2.45) is 17.8 Å². The number of hydrogen-bond donors (Lipinski definition) is 1. The van der Waals surface area contributed by atoms with Crippen LogP contribution in [0.4, 0.5) is 5.69 Å². The van der Waals surface area contributed by atoms with Gasteiger partial charge in [0.25, 0.3) is 5.91 Å². The average Bonchev–Trinajstić information content (AvgIpc) is 3.63. The number of rotatable bonds is 13. The second kappa shape index (κ2) is 13.7. The lowest BCUT2D eigenvalue weighted by atomic mass is 9.70. The smallest absolute Gasteiger partial charge is 0.251 e. The SMILES string of the molecule is C=CCN(Cc1ccccc1)C(=O)[C@H]1[C@H]2C(=O)N([C@@H](CO)C(C)C)C(C(=O)N(CC=C)c3ccc(OC)cc3)C23CC(Br)[C@@H]1S3. The Kier molecular flexibility index (Phi) is 10.2. The van der Waals surface area contributed by atoms with Gasteiger partial charge in [0.2, 0.25) is 11.8 Å². The van der Waals surface area contributed by atoms with Gasteiger partial charge in [0.1, 0.15) is 11.8 Å². The molecule has 7 atom stereocenters. The molecule has 2 aromatic rings. The summed E-state index contributed by atoms with van der Waals surface area (Å²) >= 11 is 5.47. The largest absolute Gasteiger partial charge is 0.497 e. The van der Waals surface area contributed by atoms with E-state index < -0.39 is 28.7 Å². The normalized spacial score (nSPS) is 27.3. The lowest BCUT2D eigenvalue weighted by molar-refractivity contribution is -0.146. The van der Waals surface area contributed by atoms with Crippen LogP contribution in [0.2, 0.25) is 0 Å². The van der Waals surface area contributed by atoms with Gasteiger partial charge in [0.15, 0.2) is 0 Å². The second-order valence-electron chi connectivity index (χ2n) is 12.3. The van der Waals surface area contributed by atoms with E-state index in [1.165, 1.54) is 0 Å². The first-order valence-corrected chi connectivity index (χ1v) is 17.2. The van der Waals surface area contributed by atoms with Gasteiger partial charge in [-0.1, -0.05) is 72.3 Å². The fourth-order valence-corrected chi connectivity index (χ4v) is 11.0. The molecular weight excluding hydrogens is 654 g/mol. The highest BCUT2D eigenvalue weighted by Crippen LogP contribution is 2.68. The summed E-state index contributed by atoms with van der Waals surface area (Å²) in [5.74, 6) is -1.40. The van der Waals surface area contributed by atoms with Crippen molar-refractivity contribution in [3.63, 3.8) is 0 Å². The van der Waals surface area contributed by atoms with Gasteiger partial charge in [-0.2, -0.15) is 0 Å². The molecule has 240 valence electrons. The van der Waals surface area contributed by atoms with Crippen LogP contribution in [0.1, 0.15) is 25.8 Å². The maximum Gasteiger partial charge on any atom is 0.251 e. The first kappa shape index (κ1) is 33.3. The van der Waals surface area contributed by atoms with Crippen molar-refractivity contribution in [3.05, 3.63) is 85.5 Å². The Morgan fingerprint density at radius 3 is 2.36 bits per heavy atom. The molecular formula is C35H42BrN3O5S. The molecule has 0 saturated carbocycles. The number of thioether (sulfide) groups is 1. The minimum Gasteiger partial charge on any atom is -0.497 e. The number of amides is 3. The van der Waals surface area contributed by atoms with E-state index in [1.807, 2.05) is 56.3 Å². The number of anilines is 1. The summed E-state index contributed by atoms with van der Waals surface area (Å²) in [5, 5.41) is 10.4. The Morgan fingerprint density at radius 1 is 1.11 bits per heavy atom. The number of fused-ring (bicyclic) bond motifs is 1. The highest BCUT2D eigenvalue weighted by molar-refractivity contribution is 9.09. The average molecular weight is 697 g/mol. The molecule has 10 heteroatoms. The number of alkyl halides is 1. The van der Waals surface area contributed by atoms with E-state index in [4.69, 9.17) is 4.74 Å². The van der Waals surface area contributed by atoms with Gasteiger partial charge in [-0.05, 0) is 42.2 Å². The maximum absolute atomic E-state index is 14.9. The Bertz CT molecular complexity index is 1420. The van der Waals surface area contributed by atoms with E-state index in [1.54, 1.807) is 57.9 Å². The first-order chi connectivity index (χ1) is 21.6. The van der Waals surface area contributed by atoms with Gasteiger partial charge in [-0.25, -0.2) is 0 Å². The van der Waals surface area contributed by atoms with Crippen molar-refractivity contribution in [1.29, 1.82) is 0 Å². The predicted molar refractivity (Wildman–Crippen MR) is 182 cm³/mol. The van der Waals surface area contributed by atoms with Crippen LogP contribution in [0.15, 0.2) is 79.9 Å². The second-order valence-corrected chi connectivity index (χ2v) is 15.0. The van der Waals surface area contributed by atoms with E-state index in [2.05, 4.69) is 29.1 Å². The van der Waals surface area contributed by atoms with Crippen molar-refractivity contribution in [1.82, 2.24) is 9.80 Å². The number of carbonyl (C=O) groups excluding carboxylic acids is 3. The number of likely N-dealkylation sites (tertiary alicyclic amines) is 1. The number of benzene rings is 2. The van der Waals surface area contributed by atoms with Crippen LogP contribution >= 0.6 is 27.7 Å². The van der Waals surface area contributed by atoms with Crippen LogP contribution in [-0.4, -0.2) is 86.3 Å². The number of aliphatic hydroxyl groups is 1. The molecule has 0 radical (unpaired) electrons. The number of carbonyl (C=O) groups is 3. The highest BCUT2D eigenvalue weighted by atomic mass is 79.9. The lowest BCUT2D eigenvalue weighted by Gasteiger charge is -2.41. The van der Waals surface area contributed by atoms with Gasteiger partial charge in [0.05, 0.1) is 36.3 Å². The van der Waals surface area contributed by atoms with E-state index in [9.17, 15) is 19.5 Å². The summed E-state index contributed by atoms with van der Waals surface area (Å²) in [4.78, 5) is 49.2. The van der Waals surface area contributed by atoms with Crippen molar-refractivity contribution in [2.45, 2.75) is 53.7 Å². The Morgan fingerprint density at radius 2 is 1.78 bits per heavy atom. The van der Waals surface area contributed by atoms with Crippen LogP contribution in [0, 0.1) is 17.8 Å². The number of ether oxygens (including phenoxy) is 1. The summed E-state index contributed by atoms with van der Waals surface area (Å²) in [7, 11) is 1.59. The molecule has 3 saturated heterocycles. The molecule has 1 spiro atoms. The van der Waals surface area contributed by atoms with Crippen LogP contribution in [0.3, 0.4) is 0 Å². The molecule has 3 aliphatic heterocycles. The Balaban J connectivity index is 1.59. The zero-order chi connectivity index (χ0) is 32.5. The quantitative estimate of drug-likeness (QED) is 0.237. The number of aliphatic hydroxyl groups excluding tert-OH is 1. The van der Waals surface area contributed by atoms with Crippen molar-refractivity contribution >= 4 is 51.1 Å². The molecule has 2 aromatic carbocycles. The molecule has 3 aliphatic rings. The minimum atomic E-state index is -0.883. The standard InChI is InChI=1S/C35H42BrN3O5S/c1-6-17-37(20-23-11-9-8-10-12-23)32(41)28-29-33(42)39(27(21-40)22(3)4)31(35(29)19-26(36)30(28)45-35)34(43)38(18-7-2)24-13-15-25(44-5)16-14-24/h6-16,22,26-31,40H,1-2,17-21H2,3-5H3/t26?,27-,28-,29-,30-,31?,35?/m0/s1. The molecule has 3 heterocycles. The summed E-state index contributed by atoms with van der Waals surface area (Å²) in [6.07, 6.45) is 3.93. The van der Waals surface area contributed by atoms with Gasteiger partial charge in [-0.3, -0.25) is 14.4 Å². The third-order valence-corrected chi connectivity index (χ3v) is 12.6. The lowest BCUT2D eigenvalue weighted by Crippen LogP contribution is -2.59. The number of methoxy groups -OCH3 is 1. The van der Waals surface area contributed by atoms with Crippen LogP contribution < -0.4 is 9.64 Å². The van der Waals surface area contributed by atoms with Gasteiger partial charge >= 0.3 is 0 Å². The monoisotopic (exact) mass is 695 g/mol. The van der Waals surface area contributed by atoms with Crippen LogP contribution in [0.5, 0.6) is 5.75 Å². The summed E-state index contributed by atoms with van der Waals surface area (Å²) in [5.41, 5.74) is 1.64. The van der Waals surface area contributed by atoms with Crippen molar-refractivity contribution < 1.29 is 24.2 Å². The van der Waals surface area contributed by atoms with Gasteiger partial charge in [0, 0.05) is 35.4 Å². The van der Waals surface area contributed by atoms with E-state index in [-0.39, 0.29) is 46.9 Å². The molecule has 3 amide bonds. The summed E-state index contributed by atoms with van der Waals surface area (Å²) < 4.78 is 4.48. The van der Waals surface area contributed by atoms with E-state index >= 15 is 0 Å². The molecule has 5 rings (SSSR count). The molecule has 8 nitrogen and oxygen atoms in total. The van der Waals surface area contributed by atoms with Gasteiger partial charge in [-0.15, -0.1) is 24.9 Å². The highest BCUT2D eigenvalue weighted by Gasteiger charge is 2.76. The third-order valence-electron chi connectivity index (χ3n) is 9.40. The first-order valence-electron chi connectivity index (χ1n) is 15.4. The zero-order valence-electron chi connectivity index (χ0n) is 26.1. The molecule has 0 aromatic heterocycles. The predicted octanol–water partition coefficient (Wildman–Crippen LogP) is 4.91. The summed E-state index contributed by atoms with van der Waals surface area (Å²) in [6.45, 7) is 12.4. The Labute approximate surface area is 278 Å². The molecule has 3 unspecified atom stereocenters. The van der Waals surface area contributed by atoms with E-state index in [0.29, 0.717) is 30.9 Å². The fourth-order valence-electron chi connectivity index (χ4n) is 7.37. The van der Waals surface area contributed by atoms with E-state index in [0.717, 1.165) is 5.56 Å². The topological polar surface area (TPSA) is 90.4 Å². The van der Waals surface area contributed by atoms with Crippen molar-refractivity contribution in [2.75, 3.05) is 31.7 Å². The molecule has 3 fully saturated rings. The fraction of sp³-hybridized carbons (Fsp3) is 0.457. The third kappa shape index (κ3) is 5.85. The zero-order valence-corrected chi connectivity index (χ0v) is 28.5. The maximum atomic E-state index is 14.9. The van der Waals surface area contributed by atoms with Crippen LogP contribution in [0.25, 0.3) is 0 Å². The summed E-state index contributed by atoms with van der Waals surface area (Å²) in [6, 6.07) is 15.5. The molecule has 2 bridgehead atoms. The van der Waals surface area contributed by atoms with Crippen LogP contribution in [-0.2, 0) is 20.9 Å².